The monoisotopic (exact) mass is 417 g/mol. The molecule has 1 amide bonds. The molecule has 0 bridgehead atoms. The van der Waals surface area contributed by atoms with E-state index in [2.05, 4.69) is 28.6 Å². The summed E-state index contributed by atoms with van der Waals surface area (Å²) in [5.74, 6) is -0.522. The van der Waals surface area contributed by atoms with E-state index in [1.807, 2.05) is 32.0 Å². The van der Waals surface area contributed by atoms with Crippen LogP contribution in [0.25, 0.3) is 22.2 Å². The topological polar surface area (TPSA) is 98.2 Å². The Hall–Kier alpha value is -3.74. The number of nitrogens with zero attached hydrogens (tertiary/aromatic N) is 2. The first kappa shape index (κ1) is 20.5. The van der Waals surface area contributed by atoms with Crippen molar-refractivity contribution in [3.63, 3.8) is 0 Å². The number of hydrogen-bond donors (Lipinski definition) is 1. The van der Waals surface area contributed by atoms with E-state index in [9.17, 15) is 9.59 Å². The zero-order valence-corrected chi connectivity index (χ0v) is 17.7. The minimum atomic E-state index is -0.597. The molecule has 158 valence electrons. The van der Waals surface area contributed by atoms with Gasteiger partial charge in [0.1, 0.15) is 5.58 Å². The molecular weight excluding hydrogens is 394 g/mol. The maximum Gasteiger partial charge on any atom is 0.292 e. The van der Waals surface area contributed by atoms with Crippen LogP contribution in [0.2, 0.25) is 0 Å². The van der Waals surface area contributed by atoms with Crippen LogP contribution in [-0.2, 0) is 19.3 Å². The lowest BCUT2D eigenvalue weighted by atomic mass is 9.98. The Kier molecular flexibility index (Phi) is 5.66. The van der Waals surface area contributed by atoms with Crippen LogP contribution in [0.1, 0.15) is 48.0 Å². The van der Waals surface area contributed by atoms with Crippen molar-refractivity contribution < 1.29 is 13.8 Å². The van der Waals surface area contributed by atoms with Crippen LogP contribution in [0, 0.1) is 0 Å². The van der Waals surface area contributed by atoms with Crippen molar-refractivity contribution in [1.82, 2.24) is 10.3 Å². The van der Waals surface area contributed by atoms with Gasteiger partial charge in [-0.3, -0.25) is 14.9 Å². The predicted octanol–water partition coefficient (Wildman–Crippen LogP) is 4.78. The lowest BCUT2D eigenvalue weighted by Crippen LogP contribution is -2.16. The summed E-state index contributed by atoms with van der Waals surface area (Å²) in [5.41, 5.74) is 4.60. The highest BCUT2D eigenvalue weighted by molar-refractivity contribution is 6.04. The molecule has 0 aliphatic rings. The highest BCUT2D eigenvalue weighted by atomic mass is 16.6. The molecule has 0 spiro atoms. The fourth-order valence-electron chi connectivity index (χ4n) is 3.52. The van der Waals surface area contributed by atoms with Crippen LogP contribution in [0.3, 0.4) is 0 Å². The Morgan fingerprint density at radius 3 is 2.42 bits per heavy atom. The summed E-state index contributed by atoms with van der Waals surface area (Å²) in [5, 5.41) is 11.0. The highest BCUT2D eigenvalue weighted by Crippen LogP contribution is 2.30. The van der Waals surface area contributed by atoms with E-state index in [0.717, 1.165) is 41.5 Å². The first-order valence-corrected chi connectivity index (χ1v) is 10.4. The van der Waals surface area contributed by atoms with Gasteiger partial charge in [0.15, 0.2) is 16.9 Å². The van der Waals surface area contributed by atoms with Gasteiger partial charge in [0.2, 0.25) is 5.82 Å². The molecule has 7 nitrogen and oxygen atoms in total. The average molecular weight is 417 g/mol. The molecule has 7 heteroatoms. The predicted molar refractivity (Wildman–Crippen MR) is 118 cm³/mol. The van der Waals surface area contributed by atoms with Crippen molar-refractivity contribution in [3.8, 4) is 11.3 Å². The number of nitrogens with one attached hydrogen (secondary N) is 1. The van der Waals surface area contributed by atoms with Crippen molar-refractivity contribution in [1.29, 1.82) is 0 Å². The second-order valence-corrected chi connectivity index (χ2v) is 7.27. The van der Waals surface area contributed by atoms with Gasteiger partial charge >= 0.3 is 0 Å². The van der Waals surface area contributed by atoms with Crippen LogP contribution >= 0.6 is 0 Å². The molecule has 0 aliphatic carbocycles. The van der Waals surface area contributed by atoms with Crippen molar-refractivity contribution >= 4 is 22.7 Å². The SMILES string of the molecule is CCc1ccc(CC)c(-c2nonc2NC(=O)c2cc(=O)c3cc(CC)ccc3o2)c1. The molecule has 0 unspecified atom stereocenters. The molecule has 0 saturated carbocycles. The molecule has 0 atom stereocenters. The van der Waals surface area contributed by atoms with Crippen LogP contribution in [0.5, 0.6) is 0 Å². The number of fused-ring (bicyclic) bond motifs is 1. The largest absolute Gasteiger partial charge is 0.451 e. The molecule has 1 N–H and O–H groups in total. The van der Waals surface area contributed by atoms with E-state index in [4.69, 9.17) is 9.05 Å². The molecule has 4 aromatic rings. The number of amides is 1. The Labute approximate surface area is 179 Å². The van der Waals surface area contributed by atoms with Gasteiger partial charge in [-0.15, -0.1) is 0 Å². The first-order chi connectivity index (χ1) is 15.0. The van der Waals surface area contributed by atoms with E-state index in [-0.39, 0.29) is 17.0 Å². The van der Waals surface area contributed by atoms with E-state index >= 15 is 0 Å². The van der Waals surface area contributed by atoms with E-state index in [1.54, 1.807) is 12.1 Å². The number of aromatic nitrogens is 2. The number of aryl methyl sites for hydroxylation is 3. The molecule has 2 aromatic carbocycles. The van der Waals surface area contributed by atoms with Crippen molar-refractivity contribution in [2.45, 2.75) is 40.0 Å². The molecule has 4 rings (SSSR count). The Morgan fingerprint density at radius 2 is 1.68 bits per heavy atom. The second-order valence-electron chi connectivity index (χ2n) is 7.27. The molecule has 31 heavy (non-hydrogen) atoms. The van der Waals surface area contributed by atoms with Gasteiger partial charge < -0.3 is 4.42 Å². The molecule has 2 aromatic heterocycles. The van der Waals surface area contributed by atoms with Crippen LogP contribution in [-0.4, -0.2) is 16.2 Å². The number of carbonyl (C=O) groups is 1. The van der Waals surface area contributed by atoms with E-state index < -0.39 is 5.91 Å². The molecule has 0 radical (unpaired) electrons. The summed E-state index contributed by atoms with van der Waals surface area (Å²) in [6, 6.07) is 12.7. The van der Waals surface area contributed by atoms with Gasteiger partial charge in [-0.1, -0.05) is 39.0 Å². The summed E-state index contributed by atoms with van der Waals surface area (Å²) < 4.78 is 10.6. The number of benzene rings is 2. The zero-order chi connectivity index (χ0) is 22.0. The Morgan fingerprint density at radius 1 is 0.935 bits per heavy atom. The Balaban J connectivity index is 1.69. The lowest BCUT2D eigenvalue weighted by molar-refractivity contribution is 0.0996. The fraction of sp³-hybridized carbons (Fsp3) is 0.250. The lowest BCUT2D eigenvalue weighted by Gasteiger charge is -2.09. The Bertz CT molecular complexity index is 1320. The molecule has 2 heterocycles. The number of carbonyl (C=O) groups excluding carboxylic acids is 1. The zero-order valence-electron chi connectivity index (χ0n) is 17.7. The molecule has 0 aliphatic heterocycles. The van der Waals surface area contributed by atoms with Crippen LogP contribution in [0.15, 0.2) is 56.3 Å². The summed E-state index contributed by atoms with van der Waals surface area (Å²) in [6.07, 6.45) is 2.46. The third-order valence-electron chi connectivity index (χ3n) is 5.36. The minimum Gasteiger partial charge on any atom is -0.451 e. The smallest absolute Gasteiger partial charge is 0.292 e. The maximum absolute atomic E-state index is 12.8. The van der Waals surface area contributed by atoms with Gasteiger partial charge in [-0.05, 0) is 64.5 Å². The summed E-state index contributed by atoms with van der Waals surface area (Å²) in [7, 11) is 0. The van der Waals surface area contributed by atoms with Gasteiger partial charge in [0.05, 0.1) is 5.39 Å². The minimum absolute atomic E-state index is 0.103. The number of rotatable bonds is 6. The third kappa shape index (κ3) is 3.99. The van der Waals surface area contributed by atoms with Crippen LogP contribution in [0.4, 0.5) is 5.82 Å². The maximum atomic E-state index is 12.8. The molecule has 0 fully saturated rings. The van der Waals surface area contributed by atoms with Gasteiger partial charge in [-0.2, -0.15) is 0 Å². The third-order valence-corrected chi connectivity index (χ3v) is 5.36. The molecular formula is C24H23N3O4. The normalized spacial score (nSPS) is 11.1. The first-order valence-electron chi connectivity index (χ1n) is 10.4. The van der Waals surface area contributed by atoms with Gasteiger partial charge in [-0.25, -0.2) is 4.63 Å². The fourth-order valence-corrected chi connectivity index (χ4v) is 3.52. The van der Waals surface area contributed by atoms with E-state index in [0.29, 0.717) is 16.7 Å². The van der Waals surface area contributed by atoms with Crippen molar-refractivity contribution in [2.75, 3.05) is 5.32 Å². The number of anilines is 1. The highest BCUT2D eigenvalue weighted by Gasteiger charge is 2.20. The van der Waals surface area contributed by atoms with Gasteiger partial charge in [0, 0.05) is 11.6 Å². The van der Waals surface area contributed by atoms with Crippen molar-refractivity contribution in [2.24, 2.45) is 0 Å². The standard InChI is InChI=1S/C24H23N3O4/c1-4-14-7-9-16(6-3)17(11-14)22-23(27-31-26-22)25-24(29)21-13-19(28)18-12-15(5-2)8-10-20(18)30-21/h7-13H,4-6H2,1-3H3,(H,25,27,29). The second kappa shape index (κ2) is 8.55. The average Bonchev–Trinajstić information content (AvgIpc) is 3.26. The van der Waals surface area contributed by atoms with Gasteiger partial charge in [0.25, 0.3) is 5.91 Å². The summed E-state index contributed by atoms with van der Waals surface area (Å²) in [6.45, 7) is 6.12. The molecule has 0 saturated heterocycles. The van der Waals surface area contributed by atoms with Crippen molar-refractivity contribution in [3.05, 3.63) is 75.1 Å². The number of hydrogen-bond acceptors (Lipinski definition) is 6. The quantitative estimate of drug-likeness (QED) is 0.485. The summed E-state index contributed by atoms with van der Waals surface area (Å²) in [4.78, 5) is 25.4. The van der Waals surface area contributed by atoms with E-state index in [1.165, 1.54) is 6.07 Å². The van der Waals surface area contributed by atoms with Crippen LogP contribution < -0.4 is 10.7 Å². The summed E-state index contributed by atoms with van der Waals surface area (Å²) >= 11 is 0.